The maximum Gasteiger partial charge on any atom is 0.0741 e. The molecule has 0 amide bonds. The quantitative estimate of drug-likeness (QED) is 0.670. The predicted molar refractivity (Wildman–Crippen MR) is 72.9 cm³/mol. The number of hydrogen-bond donors (Lipinski definition) is 2. The molecule has 1 aliphatic rings. The third-order valence-corrected chi connectivity index (χ3v) is 4.13. The summed E-state index contributed by atoms with van der Waals surface area (Å²) in [7, 11) is 0. The molecule has 17 heavy (non-hydrogen) atoms. The average Bonchev–Trinajstić information content (AvgIpc) is 2.73. The molecule has 1 rings (SSSR count). The molecule has 102 valence electrons. The number of likely N-dealkylation sites (tertiary alicyclic amines) is 1. The zero-order chi connectivity index (χ0) is 12.9. The Morgan fingerprint density at radius 1 is 1.41 bits per heavy atom. The van der Waals surface area contributed by atoms with Gasteiger partial charge < -0.3 is 15.7 Å². The summed E-state index contributed by atoms with van der Waals surface area (Å²) in [6.45, 7) is 10.6. The summed E-state index contributed by atoms with van der Waals surface area (Å²) in [6, 6.07) is 0. The van der Waals surface area contributed by atoms with E-state index < -0.39 is 5.60 Å². The van der Waals surface area contributed by atoms with Crippen LogP contribution in [0.15, 0.2) is 0 Å². The fraction of sp³-hybridized carbons (Fsp3) is 1.00. The van der Waals surface area contributed by atoms with E-state index in [9.17, 15) is 5.11 Å². The minimum atomic E-state index is -0.661. The van der Waals surface area contributed by atoms with Gasteiger partial charge in [-0.15, -0.1) is 0 Å². The largest absolute Gasteiger partial charge is 0.389 e. The van der Waals surface area contributed by atoms with Gasteiger partial charge in [0.05, 0.1) is 5.60 Å². The van der Waals surface area contributed by atoms with Crippen molar-refractivity contribution >= 4 is 0 Å². The molecular formula is C14H30N2O. The van der Waals surface area contributed by atoms with Gasteiger partial charge in [0.15, 0.2) is 0 Å². The molecule has 0 aromatic carbocycles. The van der Waals surface area contributed by atoms with Crippen LogP contribution in [0.25, 0.3) is 0 Å². The second-order valence-electron chi connectivity index (χ2n) is 6.25. The SMILES string of the molecule is CC(C)C1CCN(CCCCC(C)(O)CN)C1. The molecule has 0 radical (unpaired) electrons. The summed E-state index contributed by atoms with van der Waals surface area (Å²) in [6.07, 6.45) is 4.44. The first-order chi connectivity index (χ1) is 7.94. The Bertz CT molecular complexity index is 216. The Morgan fingerprint density at radius 2 is 2.12 bits per heavy atom. The molecule has 0 saturated carbocycles. The molecule has 1 aliphatic heterocycles. The maximum absolute atomic E-state index is 9.79. The molecule has 3 N–H and O–H groups in total. The molecule has 2 atom stereocenters. The lowest BCUT2D eigenvalue weighted by atomic mass is 9.95. The first-order valence-electron chi connectivity index (χ1n) is 7.09. The topological polar surface area (TPSA) is 49.5 Å². The van der Waals surface area contributed by atoms with Crippen LogP contribution in [0.1, 0.15) is 46.5 Å². The molecule has 0 aliphatic carbocycles. The Labute approximate surface area is 106 Å². The summed E-state index contributed by atoms with van der Waals surface area (Å²) >= 11 is 0. The van der Waals surface area contributed by atoms with E-state index in [2.05, 4.69) is 18.7 Å². The fourth-order valence-electron chi connectivity index (χ4n) is 2.55. The molecule has 2 unspecified atom stereocenters. The van der Waals surface area contributed by atoms with Crippen LogP contribution < -0.4 is 5.73 Å². The van der Waals surface area contributed by atoms with Gasteiger partial charge in [-0.25, -0.2) is 0 Å². The molecule has 1 heterocycles. The molecule has 3 nitrogen and oxygen atoms in total. The third kappa shape index (κ3) is 5.36. The lowest BCUT2D eigenvalue weighted by molar-refractivity contribution is 0.0565. The zero-order valence-electron chi connectivity index (χ0n) is 11.8. The maximum atomic E-state index is 9.79. The molecular weight excluding hydrogens is 212 g/mol. The van der Waals surface area contributed by atoms with Crippen molar-refractivity contribution in [2.24, 2.45) is 17.6 Å². The van der Waals surface area contributed by atoms with E-state index in [1.807, 2.05) is 6.92 Å². The summed E-state index contributed by atoms with van der Waals surface area (Å²) in [5.41, 5.74) is 4.84. The number of hydrogen-bond acceptors (Lipinski definition) is 3. The molecule has 0 spiro atoms. The van der Waals surface area contributed by atoms with Gasteiger partial charge >= 0.3 is 0 Å². The molecule has 0 aromatic heterocycles. The summed E-state index contributed by atoms with van der Waals surface area (Å²) in [5, 5.41) is 9.79. The number of aliphatic hydroxyl groups is 1. The van der Waals surface area contributed by atoms with E-state index in [1.165, 1.54) is 32.5 Å². The minimum Gasteiger partial charge on any atom is -0.389 e. The van der Waals surface area contributed by atoms with E-state index in [0.29, 0.717) is 6.54 Å². The summed E-state index contributed by atoms with van der Waals surface area (Å²) < 4.78 is 0. The zero-order valence-corrected chi connectivity index (χ0v) is 11.8. The second-order valence-corrected chi connectivity index (χ2v) is 6.25. The van der Waals surface area contributed by atoms with Gasteiger partial charge in [0, 0.05) is 13.1 Å². The highest BCUT2D eigenvalue weighted by Gasteiger charge is 2.24. The van der Waals surface area contributed by atoms with E-state index in [-0.39, 0.29) is 0 Å². The van der Waals surface area contributed by atoms with Crippen LogP contribution in [0.2, 0.25) is 0 Å². The highest BCUT2D eigenvalue weighted by molar-refractivity contribution is 4.78. The third-order valence-electron chi connectivity index (χ3n) is 4.13. The standard InChI is InChI=1S/C14H30N2O/c1-12(2)13-6-9-16(10-13)8-5-4-7-14(3,17)11-15/h12-13,17H,4-11,15H2,1-3H3. The van der Waals surface area contributed by atoms with Gasteiger partial charge in [0.2, 0.25) is 0 Å². The number of rotatable bonds is 7. The lowest BCUT2D eigenvalue weighted by Crippen LogP contribution is -2.34. The molecule has 3 heteroatoms. The van der Waals surface area contributed by atoms with Crippen LogP contribution in [-0.2, 0) is 0 Å². The summed E-state index contributed by atoms with van der Waals surface area (Å²) in [4.78, 5) is 2.57. The van der Waals surface area contributed by atoms with Crippen LogP contribution in [0, 0.1) is 11.8 Å². The fourth-order valence-corrected chi connectivity index (χ4v) is 2.55. The molecule has 0 bridgehead atoms. The summed E-state index contributed by atoms with van der Waals surface area (Å²) in [5.74, 6) is 1.71. The Kier molecular flexibility index (Phi) is 5.90. The van der Waals surface area contributed by atoms with Crippen LogP contribution in [-0.4, -0.2) is 41.8 Å². The van der Waals surface area contributed by atoms with Gasteiger partial charge in [-0.2, -0.15) is 0 Å². The van der Waals surface area contributed by atoms with Crippen molar-refractivity contribution in [3.63, 3.8) is 0 Å². The molecule has 1 fully saturated rings. The second kappa shape index (κ2) is 6.72. The highest BCUT2D eigenvalue weighted by atomic mass is 16.3. The van der Waals surface area contributed by atoms with Gasteiger partial charge in [-0.05, 0) is 57.5 Å². The van der Waals surface area contributed by atoms with Crippen molar-refractivity contribution in [3.8, 4) is 0 Å². The number of unbranched alkanes of at least 4 members (excludes halogenated alkanes) is 1. The monoisotopic (exact) mass is 242 g/mol. The van der Waals surface area contributed by atoms with Gasteiger partial charge in [0.1, 0.15) is 0 Å². The Balaban J connectivity index is 2.08. The van der Waals surface area contributed by atoms with Crippen molar-refractivity contribution in [1.29, 1.82) is 0 Å². The van der Waals surface area contributed by atoms with Crippen molar-refractivity contribution in [3.05, 3.63) is 0 Å². The van der Waals surface area contributed by atoms with E-state index in [1.54, 1.807) is 0 Å². The predicted octanol–water partition coefficient (Wildman–Crippen LogP) is 1.84. The van der Waals surface area contributed by atoms with Crippen LogP contribution in [0.3, 0.4) is 0 Å². The lowest BCUT2D eigenvalue weighted by Gasteiger charge is -2.22. The van der Waals surface area contributed by atoms with Crippen LogP contribution in [0.5, 0.6) is 0 Å². The van der Waals surface area contributed by atoms with E-state index >= 15 is 0 Å². The van der Waals surface area contributed by atoms with Crippen molar-refractivity contribution in [2.75, 3.05) is 26.2 Å². The first-order valence-corrected chi connectivity index (χ1v) is 7.09. The van der Waals surface area contributed by atoms with Crippen LogP contribution in [0.4, 0.5) is 0 Å². The first kappa shape index (κ1) is 14.9. The average molecular weight is 242 g/mol. The van der Waals surface area contributed by atoms with Gasteiger partial charge in [-0.1, -0.05) is 13.8 Å². The number of nitrogens with zero attached hydrogens (tertiary/aromatic N) is 1. The Hall–Kier alpha value is -0.120. The normalized spacial score (nSPS) is 25.4. The van der Waals surface area contributed by atoms with Gasteiger partial charge in [-0.3, -0.25) is 0 Å². The number of nitrogens with two attached hydrogens (primary N) is 1. The van der Waals surface area contributed by atoms with E-state index in [0.717, 1.165) is 24.7 Å². The Morgan fingerprint density at radius 3 is 2.65 bits per heavy atom. The van der Waals surface area contributed by atoms with Crippen molar-refractivity contribution < 1.29 is 5.11 Å². The minimum absolute atomic E-state index is 0.367. The van der Waals surface area contributed by atoms with Crippen LogP contribution >= 0.6 is 0 Å². The molecule has 0 aromatic rings. The van der Waals surface area contributed by atoms with Crippen molar-refractivity contribution in [1.82, 2.24) is 4.90 Å². The van der Waals surface area contributed by atoms with E-state index in [4.69, 9.17) is 5.73 Å². The smallest absolute Gasteiger partial charge is 0.0741 e. The highest BCUT2D eigenvalue weighted by Crippen LogP contribution is 2.24. The van der Waals surface area contributed by atoms with Gasteiger partial charge in [0.25, 0.3) is 0 Å². The van der Waals surface area contributed by atoms with Crippen molar-refractivity contribution in [2.45, 2.75) is 52.1 Å². The molecule has 1 saturated heterocycles.